The van der Waals surface area contributed by atoms with Gasteiger partial charge in [0.2, 0.25) is 0 Å². The van der Waals surface area contributed by atoms with Crippen molar-refractivity contribution in [2.24, 2.45) is 10.9 Å². The van der Waals surface area contributed by atoms with Gasteiger partial charge in [0, 0.05) is 42.6 Å². The van der Waals surface area contributed by atoms with Gasteiger partial charge in [0.1, 0.15) is 5.82 Å². The topological polar surface area (TPSA) is 129 Å². The number of hydrogen-bond acceptors (Lipinski definition) is 7. The number of aliphatic imine (C=N–C) groups is 1. The summed E-state index contributed by atoms with van der Waals surface area (Å²) in [6, 6.07) is 4.23. The lowest BCUT2D eigenvalue weighted by Crippen LogP contribution is -2.49. The minimum atomic E-state index is -0.0618. The Labute approximate surface area is 205 Å². The van der Waals surface area contributed by atoms with Crippen LogP contribution in [-0.2, 0) is 4.74 Å². The molecule has 5 aliphatic rings. The number of nitrogens with zero attached hydrogens (tertiary/aromatic N) is 4. The summed E-state index contributed by atoms with van der Waals surface area (Å²) in [4.78, 5) is 25.7. The third-order valence-corrected chi connectivity index (χ3v) is 7.94. The van der Waals surface area contributed by atoms with Crippen molar-refractivity contribution in [1.29, 1.82) is 0 Å². The van der Waals surface area contributed by atoms with E-state index in [0.717, 1.165) is 44.3 Å². The monoisotopic (exact) mass is 478 g/mol. The molecule has 2 aliphatic heterocycles. The van der Waals surface area contributed by atoms with E-state index >= 15 is 0 Å². The molecular formula is C25H34N8O2. The van der Waals surface area contributed by atoms with E-state index in [0.29, 0.717) is 29.7 Å². The lowest BCUT2D eigenvalue weighted by molar-refractivity contribution is -0.0693. The second kappa shape index (κ2) is 9.93. The minimum absolute atomic E-state index is 0.0618. The first-order valence-electron chi connectivity index (χ1n) is 13.1. The number of amides is 2. The molecule has 2 saturated heterocycles. The predicted octanol–water partition coefficient (Wildman–Crippen LogP) is 4.09. The van der Waals surface area contributed by atoms with Crippen LogP contribution in [0.1, 0.15) is 75.8 Å². The number of ether oxygens (including phenoxy) is 1. The molecule has 35 heavy (non-hydrogen) atoms. The number of carbonyl (C=O) groups excluding carboxylic acids is 1. The molecule has 7 rings (SSSR count). The van der Waals surface area contributed by atoms with Crippen LogP contribution in [0.2, 0.25) is 0 Å². The van der Waals surface area contributed by atoms with Crippen LogP contribution >= 0.6 is 0 Å². The molecule has 0 spiro atoms. The quantitative estimate of drug-likeness (QED) is 0.444. The van der Waals surface area contributed by atoms with Gasteiger partial charge in [0.15, 0.2) is 5.82 Å². The van der Waals surface area contributed by atoms with Crippen LogP contribution in [0, 0.1) is 5.92 Å². The summed E-state index contributed by atoms with van der Waals surface area (Å²) in [6.07, 6.45) is 15.2. The molecule has 10 nitrogen and oxygen atoms in total. The number of hydrogen-bond donors (Lipinski definition) is 4. The normalized spacial score (nSPS) is 30.3. The lowest BCUT2D eigenvalue weighted by Gasteiger charge is -2.29. The largest absolute Gasteiger partial charge is 0.373 e. The molecule has 10 heteroatoms. The zero-order valence-electron chi connectivity index (χ0n) is 19.9. The van der Waals surface area contributed by atoms with Gasteiger partial charge in [0.05, 0.1) is 18.2 Å². The summed E-state index contributed by atoms with van der Waals surface area (Å²) < 4.78 is 5.61. The summed E-state index contributed by atoms with van der Waals surface area (Å²) in [5.41, 5.74) is 1.20. The van der Waals surface area contributed by atoms with Gasteiger partial charge in [0.25, 0.3) is 5.95 Å². The van der Waals surface area contributed by atoms with Crippen LogP contribution < -0.4 is 16.0 Å². The van der Waals surface area contributed by atoms with Crippen LogP contribution in [0.3, 0.4) is 0 Å². The summed E-state index contributed by atoms with van der Waals surface area (Å²) in [7, 11) is 0. The molecule has 0 aromatic carbocycles. The number of urea groups is 1. The van der Waals surface area contributed by atoms with E-state index < -0.39 is 0 Å². The van der Waals surface area contributed by atoms with Crippen LogP contribution in [0.25, 0.3) is 0 Å². The molecule has 3 unspecified atom stereocenters. The maximum absolute atomic E-state index is 12.3. The van der Waals surface area contributed by atoms with Crippen LogP contribution in [0.4, 0.5) is 22.4 Å². The highest BCUT2D eigenvalue weighted by atomic mass is 16.5. The Morgan fingerprint density at radius 1 is 1.09 bits per heavy atom. The average molecular weight is 479 g/mol. The van der Waals surface area contributed by atoms with E-state index in [1.54, 1.807) is 6.20 Å². The van der Waals surface area contributed by atoms with Gasteiger partial charge in [-0.25, -0.2) is 14.8 Å². The fourth-order valence-corrected chi connectivity index (χ4v) is 5.93. The van der Waals surface area contributed by atoms with Gasteiger partial charge in [-0.05, 0) is 56.9 Å². The second-order valence-corrected chi connectivity index (χ2v) is 10.4. The van der Waals surface area contributed by atoms with Gasteiger partial charge in [-0.1, -0.05) is 12.8 Å². The van der Waals surface area contributed by atoms with Crippen molar-refractivity contribution in [2.45, 2.75) is 94.4 Å². The number of rotatable bonds is 7. The van der Waals surface area contributed by atoms with Crippen molar-refractivity contribution in [2.75, 3.05) is 5.32 Å². The predicted molar refractivity (Wildman–Crippen MR) is 132 cm³/mol. The summed E-state index contributed by atoms with van der Waals surface area (Å²) in [5, 5.41) is 17.0. The molecule has 2 aromatic heterocycles. The van der Waals surface area contributed by atoms with Gasteiger partial charge in [-0.15, -0.1) is 0 Å². The molecule has 186 valence electrons. The average Bonchev–Trinajstić information content (AvgIpc) is 3.63. The second-order valence-electron chi connectivity index (χ2n) is 10.4. The zero-order chi connectivity index (χ0) is 23.6. The molecule has 3 saturated carbocycles. The fraction of sp³-hybridized carbons (Fsp3) is 0.640. The van der Waals surface area contributed by atoms with Crippen molar-refractivity contribution in [3.63, 3.8) is 0 Å². The number of aromatic amines is 1. The Morgan fingerprint density at radius 2 is 1.91 bits per heavy atom. The van der Waals surface area contributed by atoms with E-state index in [4.69, 9.17) is 4.74 Å². The van der Waals surface area contributed by atoms with Gasteiger partial charge >= 0.3 is 6.03 Å². The molecule has 4 heterocycles. The fourth-order valence-electron chi connectivity index (χ4n) is 5.93. The number of nitrogens with one attached hydrogen (secondary N) is 4. The first kappa shape index (κ1) is 22.5. The van der Waals surface area contributed by atoms with Crippen molar-refractivity contribution < 1.29 is 9.53 Å². The number of fused-ring (bicyclic) bond motifs is 1. The number of aromatic nitrogens is 4. The summed E-state index contributed by atoms with van der Waals surface area (Å²) in [6.45, 7) is 0. The Bertz CT molecular complexity index is 1050. The summed E-state index contributed by atoms with van der Waals surface area (Å²) in [5.74, 6) is 2.86. The Morgan fingerprint density at radius 3 is 2.69 bits per heavy atom. The molecular weight excluding hydrogens is 444 g/mol. The highest BCUT2D eigenvalue weighted by Crippen LogP contribution is 2.37. The molecule has 5 fully saturated rings. The van der Waals surface area contributed by atoms with Crippen LogP contribution in [-0.4, -0.2) is 56.7 Å². The standard InChI is InChI=1S/C25H34N8O2/c34-25(29-20-11-18-12-21(20)35-18)28-17-7-5-15(6-8-17)14-27-24-26-10-9-22(31-24)30-23-13-19(32-33-23)16-3-1-2-4-16/h9-10,13-18,20-21H,1-8,11-12H2,(H2,28,29,34)(H2,26,30,31,32,33)/b27-14-. The lowest BCUT2D eigenvalue weighted by atomic mass is 9.87. The highest BCUT2D eigenvalue weighted by Gasteiger charge is 2.46. The summed E-state index contributed by atoms with van der Waals surface area (Å²) >= 11 is 0. The van der Waals surface area contributed by atoms with E-state index in [1.165, 1.54) is 31.4 Å². The number of anilines is 2. The Balaban J connectivity index is 0.960. The van der Waals surface area contributed by atoms with E-state index in [-0.39, 0.29) is 24.2 Å². The highest BCUT2D eigenvalue weighted by molar-refractivity contribution is 5.75. The third kappa shape index (κ3) is 5.32. The van der Waals surface area contributed by atoms with Gasteiger partial charge in [-0.3, -0.25) is 5.10 Å². The maximum atomic E-state index is 12.3. The van der Waals surface area contributed by atoms with Gasteiger partial charge in [-0.2, -0.15) is 10.1 Å². The smallest absolute Gasteiger partial charge is 0.315 e. The number of H-pyrrole nitrogens is 1. The molecule has 0 radical (unpaired) electrons. The van der Waals surface area contributed by atoms with Crippen LogP contribution in [0.5, 0.6) is 0 Å². The molecule has 3 atom stereocenters. The first-order chi connectivity index (χ1) is 17.2. The van der Waals surface area contributed by atoms with Crippen molar-refractivity contribution in [1.82, 2.24) is 30.8 Å². The molecule has 2 aromatic rings. The molecule has 2 amide bonds. The van der Waals surface area contributed by atoms with Crippen molar-refractivity contribution in [3.8, 4) is 0 Å². The van der Waals surface area contributed by atoms with Crippen LogP contribution in [0.15, 0.2) is 23.3 Å². The maximum Gasteiger partial charge on any atom is 0.315 e. The Hall–Kier alpha value is -3.01. The molecule has 3 aliphatic carbocycles. The minimum Gasteiger partial charge on any atom is -0.373 e. The zero-order valence-corrected chi connectivity index (χ0v) is 19.9. The van der Waals surface area contributed by atoms with Crippen molar-refractivity contribution in [3.05, 3.63) is 24.0 Å². The molecule has 2 bridgehead atoms. The Kier molecular flexibility index (Phi) is 6.37. The van der Waals surface area contributed by atoms with E-state index in [1.807, 2.05) is 12.3 Å². The van der Waals surface area contributed by atoms with Crippen molar-refractivity contribution >= 4 is 29.8 Å². The number of carbonyl (C=O) groups is 1. The van der Waals surface area contributed by atoms with Gasteiger partial charge < -0.3 is 20.7 Å². The third-order valence-electron chi connectivity index (χ3n) is 7.94. The van der Waals surface area contributed by atoms with E-state index in [9.17, 15) is 4.79 Å². The van der Waals surface area contributed by atoms with E-state index in [2.05, 4.69) is 47.2 Å². The SMILES string of the molecule is O=C(NC1CCC(/C=N\c2nccc(Nc3cc(C4CCCC4)[nH]n3)n2)CC1)NC1CC2CC1O2. The molecule has 4 N–H and O–H groups in total. The first-order valence-corrected chi connectivity index (χ1v) is 13.1.